The molecule has 2 aromatic heterocycles. The van der Waals surface area contributed by atoms with Crippen molar-refractivity contribution in [3.8, 4) is 0 Å². The molecule has 0 radical (unpaired) electrons. The van der Waals surface area contributed by atoms with Crippen LogP contribution in [0.1, 0.15) is 29.6 Å². The second kappa shape index (κ2) is 10.9. The third-order valence-electron chi connectivity index (χ3n) is 6.75. The number of hydrogen-bond acceptors (Lipinski definition) is 6. The largest absolute Gasteiger partial charge is 0.481 e. The number of pyridine rings is 2. The fourth-order valence-electron chi connectivity index (χ4n) is 4.89. The summed E-state index contributed by atoms with van der Waals surface area (Å²) in [6, 6.07) is 9.23. The highest BCUT2D eigenvalue weighted by atomic mass is 35.5. The van der Waals surface area contributed by atoms with E-state index in [1.54, 1.807) is 12.1 Å². The van der Waals surface area contributed by atoms with Crippen LogP contribution in [0.25, 0.3) is 0 Å². The maximum Gasteiger partial charge on any atom is 0.303 e. The van der Waals surface area contributed by atoms with Crippen LogP contribution in [0.4, 0.5) is 5.82 Å². The molecule has 176 valence electrons. The molecule has 2 aromatic rings. The fourth-order valence-corrected chi connectivity index (χ4v) is 5.07. The first-order chi connectivity index (χ1) is 16.0. The van der Waals surface area contributed by atoms with Gasteiger partial charge in [0.25, 0.3) is 5.91 Å². The maximum atomic E-state index is 13.0. The van der Waals surface area contributed by atoms with Gasteiger partial charge in [-0.2, -0.15) is 0 Å². The van der Waals surface area contributed by atoms with E-state index in [9.17, 15) is 14.7 Å². The number of likely N-dealkylation sites (tertiary alicyclic amines) is 1. The smallest absolute Gasteiger partial charge is 0.303 e. The van der Waals surface area contributed by atoms with Crippen molar-refractivity contribution in [2.45, 2.75) is 19.3 Å². The lowest BCUT2D eigenvalue weighted by Gasteiger charge is -2.40. The van der Waals surface area contributed by atoms with Gasteiger partial charge in [0, 0.05) is 63.6 Å². The first kappa shape index (κ1) is 23.4. The standard InChI is InChI=1S/C24H30ClN5O3/c25-21-15-19(4-8-26-21)24(33)30-10-6-18(16-23(31)32)20(17-30)5-9-28-11-13-29(14-12-28)22-3-1-2-7-27-22/h1-4,7-8,15,18,20H,5-6,9-14,16-17H2,(H,31,32)/t18-,20+/m0/s1. The lowest BCUT2D eigenvalue weighted by Crippen LogP contribution is -2.49. The summed E-state index contributed by atoms with van der Waals surface area (Å²) in [6.45, 7) is 5.79. The van der Waals surface area contributed by atoms with Crippen LogP contribution in [0.5, 0.6) is 0 Å². The van der Waals surface area contributed by atoms with Gasteiger partial charge in [-0.3, -0.25) is 14.5 Å². The van der Waals surface area contributed by atoms with Gasteiger partial charge in [0.05, 0.1) is 0 Å². The number of nitrogens with zero attached hydrogens (tertiary/aromatic N) is 5. The minimum absolute atomic E-state index is 0.0675. The van der Waals surface area contributed by atoms with Crippen molar-refractivity contribution in [2.24, 2.45) is 11.8 Å². The molecule has 2 aliphatic rings. The summed E-state index contributed by atoms with van der Waals surface area (Å²) in [7, 11) is 0. The number of carbonyl (C=O) groups is 2. The lowest BCUT2D eigenvalue weighted by atomic mass is 9.81. The number of rotatable bonds is 7. The molecule has 4 heterocycles. The minimum atomic E-state index is -0.769. The highest BCUT2D eigenvalue weighted by Gasteiger charge is 2.33. The van der Waals surface area contributed by atoms with Gasteiger partial charge in [-0.1, -0.05) is 17.7 Å². The lowest BCUT2D eigenvalue weighted by molar-refractivity contribution is -0.139. The molecule has 8 nitrogen and oxygen atoms in total. The Labute approximate surface area is 199 Å². The molecule has 1 N–H and O–H groups in total. The van der Waals surface area contributed by atoms with E-state index in [1.165, 1.54) is 6.20 Å². The second-order valence-electron chi connectivity index (χ2n) is 8.83. The van der Waals surface area contributed by atoms with E-state index in [-0.39, 0.29) is 24.2 Å². The Morgan fingerprint density at radius 1 is 1.03 bits per heavy atom. The number of carboxylic acid groups (broad SMARTS) is 1. The van der Waals surface area contributed by atoms with E-state index in [1.807, 2.05) is 29.3 Å². The molecule has 1 amide bonds. The summed E-state index contributed by atoms with van der Waals surface area (Å²) >= 11 is 5.96. The van der Waals surface area contributed by atoms with E-state index in [0.29, 0.717) is 30.2 Å². The molecular formula is C24H30ClN5O3. The number of aliphatic carboxylic acids is 1. The number of carbonyl (C=O) groups excluding carboxylic acids is 1. The summed E-state index contributed by atoms with van der Waals surface area (Å²) in [5, 5.41) is 9.69. The summed E-state index contributed by atoms with van der Waals surface area (Å²) in [5.41, 5.74) is 0.524. The monoisotopic (exact) mass is 471 g/mol. The molecule has 2 aliphatic heterocycles. The van der Waals surface area contributed by atoms with Crippen molar-refractivity contribution in [1.82, 2.24) is 19.8 Å². The Morgan fingerprint density at radius 3 is 2.55 bits per heavy atom. The predicted octanol–water partition coefficient (Wildman–Crippen LogP) is 2.90. The number of hydrogen-bond donors (Lipinski definition) is 1. The molecule has 33 heavy (non-hydrogen) atoms. The van der Waals surface area contributed by atoms with Crippen molar-refractivity contribution in [3.05, 3.63) is 53.4 Å². The number of amides is 1. The molecule has 2 atom stereocenters. The van der Waals surface area contributed by atoms with Crippen LogP contribution in [0.3, 0.4) is 0 Å². The predicted molar refractivity (Wildman–Crippen MR) is 127 cm³/mol. The van der Waals surface area contributed by atoms with Crippen LogP contribution >= 0.6 is 11.6 Å². The SMILES string of the molecule is O=C(O)C[C@@H]1CCN(C(=O)c2ccnc(Cl)c2)C[C@H]1CCN1CCN(c2ccccn2)CC1. The third-order valence-corrected chi connectivity index (χ3v) is 6.96. The number of piperazine rings is 1. The van der Waals surface area contributed by atoms with Gasteiger partial charge < -0.3 is 14.9 Å². The zero-order valence-electron chi connectivity index (χ0n) is 18.6. The molecule has 2 fully saturated rings. The number of anilines is 1. The summed E-state index contributed by atoms with van der Waals surface area (Å²) in [6.07, 6.45) is 5.09. The van der Waals surface area contributed by atoms with Crippen LogP contribution in [0.2, 0.25) is 5.15 Å². The summed E-state index contributed by atoms with van der Waals surface area (Å²) < 4.78 is 0. The van der Waals surface area contributed by atoms with Crippen molar-refractivity contribution < 1.29 is 14.7 Å². The Kier molecular flexibility index (Phi) is 7.77. The van der Waals surface area contributed by atoms with Crippen LogP contribution in [0, 0.1) is 11.8 Å². The average Bonchev–Trinajstić information content (AvgIpc) is 2.83. The van der Waals surface area contributed by atoms with Gasteiger partial charge in [0.1, 0.15) is 11.0 Å². The van der Waals surface area contributed by atoms with Crippen LogP contribution < -0.4 is 4.90 Å². The summed E-state index contributed by atoms with van der Waals surface area (Å²) in [5.74, 6) is 0.417. The fraction of sp³-hybridized carbons (Fsp3) is 0.500. The molecule has 0 saturated carbocycles. The van der Waals surface area contributed by atoms with E-state index in [2.05, 4.69) is 19.8 Å². The molecule has 0 aromatic carbocycles. The Bertz CT molecular complexity index is 952. The maximum absolute atomic E-state index is 13.0. The van der Waals surface area contributed by atoms with E-state index >= 15 is 0 Å². The second-order valence-corrected chi connectivity index (χ2v) is 9.22. The van der Waals surface area contributed by atoms with Gasteiger partial charge in [-0.25, -0.2) is 9.97 Å². The van der Waals surface area contributed by atoms with Crippen molar-refractivity contribution in [3.63, 3.8) is 0 Å². The molecule has 0 bridgehead atoms. The van der Waals surface area contributed by atoms with Crippen molar-refractivity contribution in [1.29, 1.82) is 0 Å². The average molecular weight is 472 g/mol. The number of halogens is 1. The highest BCUT2D eigenvalue weighted by molar-refractivity contribution is 6.29. The van der Waals surface area contributed by atoms with Gasteiger partial charge in [-0.05, 0) is 55.5 Å². The molecule has 0 unspecified atom stereocenters. The van der Waals surface area contributed by atoms with Crippen LogP contribution in [-0.2, 0) is 4.79 Å². The first-order valence-electron chi connectivity index (χ1n) is 11.5. The van der Waals surface area contributed by atoms with Crippen molar-refractivity contribution >= 4 is 29.3 Å². The van der Waals surface area contributed by atoms with Gasteiger partial charge in [0.15, 0.2) is 0 Å². The Morgan fingerprint density at radius 2 is 1.85 bits per heavy atom. The Balaban J connectivity index is 1.34. The first-order valence-corrected chi connectivity index (χ1v) is 11.9. The molecule has 4 rings (SSSR count). The quantitative estimate of drug-likeness (QED) is 0.621. The molecule has 0 aliphatic carbocycles. The zero-order chi connectivity index (χ0) is 23.2. The van der Waals surface area contributed by atoms with Gasteiger partial charge in [0.2, 0.25) is 0 Å². The molecule has 2 saturated heterocycles. The number of aromatic nitrogens is 2. The van der Waals surface area contributed by atoms with Gasteiger partial charge >= 0.3 is 5.97 Å². The number of carboxylic acids is 1. The minimum Gasteiger partial charge on any atom is -0.481 e. The van der Waals surface area contributed by atoms with Crippen molar-refractivity contribution in [2.75, 3.05) is 50.7 Å². The third kappa shape index (κ3) is 6.21. The summed E-state index contributed by atoms with van der Waals surface area (Å²) in [4.78, 5) is 39.4. The van der Waals surface area contributed by atoms with Crippen LogP contribution in [-0.4, -0.2) is 82.6 Å². The molecule has 0 spiro atoms. The topological polar surface area (TPSA) is 89.9 Å². The van der Waals surface area contributed by atoms with E-state index in [0.717, 1.165) is 45.0 Å². The van der Waals surface area contributed by atoms with Crippen LogP contribution in [0.15, 0.2) is 42.7 Å². The molecular weight excluding hydrogens is 442 g/mol. The normalized spacial score (nSPS) is 21.7. The van der Waals surface area contributed by atoms with E-state index in [4.69, 9.17) is 11.6 Å². The van der Waals surface area contributed by atoms with E-state index < -0.39 is 5.97 Å². The van der Waals surface area contributed by atoms with Gasteiger partial charge in [-0.15, -0.1) is 0 Å². The number of piperidine rings is 1. The zero-order valence-corrected chi connectivity index (χ0v) is 19.4. The molecule has 9 heteroatoms. The Hall–Kier alpha value is -2.71. The highest BCUT2D eigenvalue weighted by Crippen LogP contribution is 2.30.